The number of ether oxygens (including phenoxy) is 2. The van der Waals surface area contributed by atoms with Gasteiger partial charge in [0.1, 0.15) is 0 Å². The molecule has 0 fully saturated rings. The number of esters is 2. The van der Waals surface area contributed by atoms with Crippen molar-refractivity contribution in [3.05, 3.63) is 23.3 Å². The van der Waals surface area contributed by atoms with Gasteiger partial charge in [-0.25, -0.2) is 9.59 Å². The highest BCUT2D eigenvalue weighted by molar-refractivity contribution is 6.02. The summed E-state index contributed by atoms with van der Waals surface area (Å²) in [5.41, 5.74) is 0.760. The Morgan fingerprint density at radius 3 is 2.44 bits per heavy atom. The molecule has 0 aromatic carbocycles. The van der Waals surface area contributed by atoms with Crippen LogP contribution < -0.4 is 0 Å². The molecule has 0 saturated heterocycles. The first-order valence-corrected chi connectivity index (χ1v) is 6.34. The molecule has 100 valence electrons. The van der Waals surface area contributed by atoms with E-state index in [1.807, 2.05) is 13.0 Å². The van der Waals surface area contributed by atoms with Gasteiger partial charge in [0.05, 0.1) is 24.4 Å². The molecule has 1 unspecified atom stereocenters. The van der Waals surface area contributed by atoms with Crippen LogP contribution in [0.15, 0.2) is 23.3 Å². The van der Waals surface area contributed by atoms with Crippen LogP contribution in [0.25, 0.3) is 0 Å². The van der Waals surface area contributed by atoms with Gasteiger partial charge in [0, 0.05) is 0 Å². The zero-order valence-electron chi connectivity index (χ0n) is 11.2. The van der Waals surface area contributed by atoms with Crippen molar-refractivity contribution < 1.29 is 19.1 Å². The van der Waals surface area contributed by atoms with Gasteiger partial charge in [0.2, 0.25) is 0 Å². The third-order valence-corrected chi connectivity index (χ3v) is 2.72. The standard InChI is InChI=1S/C14H20O4/c1-4-17-13(15)11-8-6-7-10(3)9-12(11)14(16)18-5-2/h6,8,10H,4-5,7,9H2,1-3H3. The molecular weight excluding hydrogens is 232 g/mol. The summed E-state index contributed by atoms with van der Waals surface area (Å²) in [6.45, 7) is 6.13. The molecule has 18 heavy (non-hydrogen) atoms. The van der Waals surface area contributed by atoms with Crippen molar-refractivity contribution in [3.63, 3.8) is 0 Å². The second-order valence-electron chi connectivity index (χ2n) is 4.28. The highest BCUT2D eigenvalue weighted by atomic mass is 16.5. The summed E-state index contributed by atoms with van der Waals surface area (Å²) in [5.74, 6) is -0.558. The monoisotopic (exact) mass is 252 g/mol. The van der Waals surface area contributed by atoms with Gasteiger partial charge in [0.15, 0.2) is 0 Å². The summed E-state index contributed by atoms with van der Waals surface area (Å²) in [5, 5.41) is 0. The van der Waals surface area contributed by atoms with E-state index < -0.39 is 11.9 Å². The number of carbonyl (C=O) groups is 2. The number of hydrogen-bond donors (Lipinski definition) is 0. The Hall–Kier alpha value is -1.58. The zero-order valence-corrected chi connectivity index (χ0v) is 11.2. The second-order valence-corrected chi connectivity index (χ2v) is 4.28. The molecule has 0 spiro atoms. The van der Waals surface area contributed by atoms with E-state index in [0.717, 1.165) is 6.42 Å². The smallest absolute Gasteiger partial charge is 0.338 e. The molecule has 4 heteroatoms. The topological polar surface area (TPSA) is 52.6 Å². The first kappa shape index (κ1) is 14.5. The van der Waals surface area contributed by atoms with Gasteiger partial charge >= 0.3 is 11.9 Å². The maximum atomic E-state index is 11.9. The van der Waals surface area contributed by atoms with Gasteiger partial charge in [0.25, 0.3) is 0 Å². The van der Waals surface area contributed by atoms with E-state index in [1.165, 1.54) is 0 Å². The molecule has 1 aliphatic rings. The summed E-state index contributed by atoms with van der Waals surface area (Å²) in [4.78, 5) is 23.7. The van der Waals surface area contributed by atoms with Crippen LogP contribution in [0.4, 0.5) is 0 Å². The first-order chi connectivity index (χ1) is 8.60. The molecule has 0 aliphatic heterocycles. The fourth-order valence-electron chi connectivity index (χ4n) is 1.87. The third-order valence-electron chi connectivity index (χ3n) is 2.72. The van der Waals surface area contributed by atoms with Crippen molar-refractivity contribution in [3.8, 4) is 0 Å². The zero-order chi connectivity index (χ0) is 13.5. The van der Waals surface area contributed by atoms with E-state index in [2.05, 4.69) is 0 Å². The van der Waals surface area contributed by atoms with Crippen molar-refractivity contribution >= 4 is 11.9 Å². The summed E-state index contributed by atoms with van der Waals surface area (Å²) < 4.78 is 9.98. The normalized spacial score (nSPS) is 19.4. The van der Waals surface area contributed by atoms with Gasteiger partial charge in [-0.2, -0.15) is 0 Å². The van der Waals surface area contributed by atoms with Gasteiger partial charge in [-0.3, -0.25) is 0 Å². The average Bonchev–Trinajstić information content (AvgIpc) is 2.51. The Morgan fingerprint density at radius 1 is 1.22 bits per heavy atom. The number of allylic oxidation sites excluding steroid dienone is 1. The maximum absolute atomic E-state index is 11.9. The van der Waals surface area contributed by atoms with Gasteiger partial charge < -0.3 is 9.47 Å². The Kier molecular flexibility index (Phi) is 5.62. The van der Waals surface area contributed by atoms with Crippen LogP contribution in [0, 0.1) is 5.92 Å². The molecule has 0 aromatic rings. The largest absolute Gasteiger partial charge is 0.463 e. The van der Waals surface area contributed by atoms with E-state index >= 15 is 0 Å². The van der Waals surface area contributed by atoms with Crippen LogP contribution >= 0.6 is 0 Å². The van der Waals surface area contributed by atoms with Crippen LogP contribution in [-0.2, 0) is 19.1 Å². The van der Waals surface area contributed by atoms with E-state index in [9.17, 15) is 9.59 Å². The van der Waals surface area contributed by atoms with Crippen LogP contribution in [0.3, 0.4) is 0 Å². The average molecular weight is 252 g/mol. The van der Waals surface area contributed by atoms with Crippen molar-refractivity contribution in [2.45, 2.75) is 33.6 Å². The molecular formula is C14H20O4. The molecule has 0 bridgehead atoms. The van der Waals surface area contributed by atoms with Gasteiger partial charge in [-0.05, 0) is 32.6 Å². The summed E-state index contributed by atoms with van der Waals surface area (Å²) in [6.07, 6.45) is 4.96. The van der Waals surface area contributed by atoms with Gasteiger partial charge in [-0.1, -0.05) is 19.1 Å². The lowest BCUT2D eigenvalue weighted by Crippen LogP contribution is -2.16. The lowest BCUT2D eigenvalue weighted by atomic mass is 9.98. The van der Waals surface area contributed by atoms with Crippen molar-refractivity contribution in [2.75, 3.05) is 13.2 Å². The van der Waals surface area contributed by atoms with Crippen molar-refractivity contribution in [1.29, 1.82) is 0 Å². The van der Waals surface area contributed by atoms with E-state index in [4.69, 9.17) is 9.47 Å². The Balaban J connectivity index is 3.07. The lowest BCUT2D eigenvalue weighted by Gasteiger charge is -2.12. The van der Waals surface area contributed by atoms with Crippen molar-refractivity contribution in [2.24, 2.45) is 5.92 Å². The number of carbonyl (C=O) groups excluding carboxylic acids is 2. The quantitative estimate of drug-likeness (QED) is 0.721. The minimum Gasteiger partial charge on any atom is -0.463 e. The first-order valence-electron chi connectivity index (χ1n) is 6.34. The van der Waals surface area contributed by atoms with Gasteiger partial charge in [-0.15, -0.1) is 0 Å². The molecule has 0 radical (unpaired) electrons. The summed E-state index contributed by atoms with van der Waals surface area (Å²) in [6, 6.07) is 0. The van der Waals surface area contributed by atoms with E-state index in [0.29, 0.717) is 36.7 Å². The van der Waals surface area contributed by atoms with Crippen molar-refractivity contribution in [1.82, 2.24) is 0 Å². The van der Waals surface area contributed by atoms with E-state index in [1.54, 1.807) is 19.9 Å². The van der Waals surface area contributed by atoms with E-state index in [-0.39, 0.29) is 0 Å². The van der Waals surface area contributed by atoms with Crippen LogP contribution in [-0.4, -0.2) is 25.2 Å². The van der Waals surface area contributed by atoms with Crippen LogP contribution in [0.1, 0.15) is 33.6 Å². The number of rotatable bonds is 4. The summed E-state index contributed by atoms with van der Waals surface area (Å²) >= 11 is 0. The van der Waals surface area contributed by atoms with Crippen LogP contribution in [0.2, 0.25) is 0 Å². The summed E-state index contributed by atoms with van der Waals surface area (Å²) in [7, 11) is 0. The molecule has 0 N–H and O–H groups in total. The molecule has 0 aromatic heterocycles. The second kappa shape index (κ2) is 6.99. The highest BCUT2D eigenvalue weighted by Gasteiger charge is 2.24. The Labute approximate surface area is 108 Å². The molecule has 1 rings (SSSR count). The molecule has 0 amide bonds. The lowest BCUT2D eigenvalue weighted by molar-refractivity contribution is -0.141. The SMILES string of the molecule is CCOC(=O)C1=C(C(=O)OCC)CC(C)CC=C1. The Morgan fingerprint density at radius 2 is 1.83 bits per heavy atom. The fraction of sp³-hybridized carbons (Fsp3) is 0.571. The number of hydrogen-bond acceptors (Lipinski definition) is 4. The predicted octanol–water partition coefficient (Wildman–Crippen LogP) is 2.40. The van der Waals surface area contributed by atoms with Crippen LogP contribution in [0.5, 0.6) is 0 Å². The Bertz CT molecular complexity index is 379. The fourth-order valence-corrected chi connectivity index (χ4v) is 1.87. The maximum Gasteiger partial charge on any atom is 0.338 e. The third kappa shape index (κ3) is 3.72. The molecule has 4 nitrogen and oxygen atoms in total. The minimum atomic E-state index is -0.453. The predicted molar refractivity (Wildman–Crippen MR) is 67.8 cm³/mol. The highest BCUT2D eigenvalue weighted by Crippen LogP contribution is 2.25. The molecule has 1 aliphatic carbocycles. The molecule has 1 atom stereocenters. The minimum absolute atomic E-state index is 0.293. The molecule has 0 heterocycles. The molecule has 0 saturated carbocycles.